The maximum Gasteiger partial charge on any atom is 0.422 e. The third-order valence-corrected chi connectivity index (χ3v) is 4.94. The van der Waals surface area contributed by atoms with Gasteiger partial charge in [-0.15, -0.1) is 11.7 Å². The number of anilines is 1. The lowest BCUT2D eigenvalue weighted by molar-refractivity contribution is -0.154. The zero-order chi connectivity index (χ0) is 19.6. The van der Waals surface area contributed by atoms with Crippen molar-refractivity contribution in [2.24, 2.45) is 5.92 Å². The van der Waals surface area contributed by atoms with E-state index in [1.54, 1.807) is 6.07 Å². The van der Waals surface area contributed by atoms with Crippen LogP contribution in [0.25, 0.3) is 5.65 Å². The first-order valence-corrected chi connectivity index (χ1v) is 9.27. The normalized spacial score (nSPS) is 16.8. The minimum Gasteiger partial charge on any atom is -0.468 e. The van der Waals surface area contributed by atoms with Crippen LogP contribution in [0.15, 0.2) is 24.8 Å². The van der Waals surface area contributed by atoms with Gasteiger partial charge in [0.05, 0.1) is 0 Å². The Morgan fingerprint density at radius 2 is 2.04 bits per heavy atom. The topological polar surface area (TPSA) is 51.5 Å². The van der Waals surface area contributed by atoms with Crippen molar-refractivity contribution in [3.63, 3.8) is 0 Å². The van der Waals surface area contributed by atoms with Crippen LogP contribution in [0.4, 0.5) is 19.1 Å². The number of rotatable bonds is 7. The number of fused-ring (bicyclic) bond motifs is 1. The van der Waals surface area contributed by atoms with E-state index in [9.17, 15) is 13.2 Å². The average Bonchev–Trinajstić information content (AvgIpc) is 3.25. The molecule has 5 nitrogen and oxygen atoms in total. The van der Waals surface area contributed by atoms with E-state index >= 15 is 0 Å². The lowest BCUT2D eigenvalue weighted by Crippen LogP contribution is -2.25. The number of hydrogen-bond donors (Lipinski definition) is 1. The first kappa shape index (κ1) is 19.5. The lowest BCUT2D eigenvalue weighted by atomic mass is 9.98. The van der Waals surface area contributed by atoms with Crippen molar-refractivity contribution >= 4 is 11.6 Å². The van der Waals surface area contributed by atoms with Crippen molar-refractivity contribution in [1.82, 2.24) is 14.6 Å². The van der Waals surface area contributed by atoms with Crippen LogP contribution >= 0.6 is 0 Å². The van der Waals surface area contributed by atoms with Gasteiger partial charge in [0.2, 0.25) is 11.8 Å². The first-order chi connectivity index (χ1) is 12.8. The van der Waals surface area contributed by atoms with Crippen molar-refractivity contribution in [2.45, 2.75) is 57.7 Å². The summed E-state index contributed by atoms with van der Waals surface area (Å²) in [4.78, 5) is 4.53. The van der Waals surface area contributed by atoms with Gasteiger partial charge in [-0.1, -0.05) is 32.8 Å². The number of ether oxygens (including phenoxy) is 1. The average molecular weight is 382 g/mol. The monoisotopic (exact) mass is 382 g/mol. The standard InChI is InChI=1S/C19H25F3N4O/c1-4-15(13-7-5-6-8-13)23-18-24-17-14(12(2)3)9-10-16(26(17)25-18)27-11-19(20,21)22/h4,9-10,12-13,15H,1,5-8,11H2,2-3H3,(H,23,25)/t15-/m1/s1. The van der Waals surface area contributed by atoms with Crippen LogP contribution < -0.4 is 10.1 Å². The summed E-state index contributed by atoms with van der Waals surface area (Å²) in [7, 11) is 0. The number of aromatic nitrogens is 3. The summed E-state index contributed by atoms with van der Waals surface area (Å²) >= 11 is 0. The molecule has 0 amide bonds. The Balaban J connectivity index is 1.92. The molecule has 148 valence electrons. The summed E-state index contributed by atoms with van der Waals surface area (Å²) < 4.78 is 43.9. The summed E-state index contributed by atoms with van der Waals surface area (Å²) in [5, 5.41) is 7.66. The molecule has 0 radical (unpaired) electrons. The van der Waals surface area contributed by atoms with Gasteiger partial charge in [-0.3, -0.25) is 0 Å². The molecule has 2 aromatic rings. The Hall–Kier alpha value is -2.25. The van der Waals surface area contributed by atoms with Crippen LogP contribution in [-0.2, 0) is 0 Å². The van der Waals surface area contributed by atoms with E-state index in [2.05, 4.69) is 22.0 Å². The molecule has 3 rings (SSSR count). The van der Waals surface area contributed by atoms with Crippen molar-refractivity contribution in [2.75, 3.05) is 11.9 Å². The van der Waals surface area contributed by atoms with Gasteiger partial charge in [0, 0.05) is 12.1 Å². The molecule has 0 aromatic carbocycles. The molecule has 0 bridgehead atoms. The SMILES string of the molecule is C=C[C@@H](Nc1nc2c(C(C)C)ccc(OCC(F)(F)F)n2n1)C1CCCC1. The molecule has 0 saturated heterocycles. The summed E-state index contributed by atoms with van der Waals surface area (Å²) in [6.07, 6.45) is 2.07. The second-order valence-corrected chi connectivity index (χ2v) is 7.31. The van der Waals surface area contributed by atoms with E-state index in [1.165, 1.54) is 23.4 Å². The van der Waals surface area contributed by atoms with Crippen LogP contribution in [0, 0.1) is 5.92 Å². The summed E-state index contributed by atoms with van der Waals surface area (Å²) in [6, 6.07) is 3.28. The van der Waals surface area contributed by atoms with Crippen LogP contribution in [-0.4, -0.2) is 33.4 Å². The quantitative estimate of drug-likeness (QED) is 0.689. The second-order valence-electron chi connectivity index (χ2n) is 7.31. The highest BCUT2D eigenvalue weighted by Gasteiger charge is 2.29. The van der Waals surface area contributed by atoms with E-state index < -0.39 is 12.8 Å². The highest BCUT2D eigenvalue weighted by atomic mass is 19.4. The Morgan fingerprint density at radius 1 is 1.33 bits per heavy atom. The van der Waals surface area contributed by atoms with E-state index in [0.717, 1.165) is 18.4 Å². The van der Waals surface area contributed by atoms with Gasteiger partial charge in [-0.2, -0.15) is 22.7 Å². The fourth-order valence-electron chi connectivity index (χ4n) is 3.57. The number of nitrogens with zero attached hydrogens (tertiary/aromatic N) is 3. The first-order valence-electron chi connectivity index (χ1n) is 9.27. The van der Waals surface area contributed by atoms with Crippen molar-refractivity contribution in [3.8, 4) is 5.88 Å². The molecule has 0 aliphatic heterocycles. The van der Waals surface area contributed by atoms with Crippen LogP contribution in [0.1, 0.15) is 51.0 Å². The summed E-state index contributed by atoms with van der Waals surface area (Å²) in [6.45, 7) is 6.53. The number of alkyl halides is 3. The van der Waals surface area contributed by atoms with Crippen molar-refractivity contribution < 1.29 is 17.9 Å². The highest BCUT2D eigenvalue weighted by Crippen LogP contribution is 2.30. The maximum absolute atomic E-state index is 12.6. The third kappa shape index (κ3) is 4.54. The smallest absolute Gasteiger partial charge is 0.422 e. The molecule has 1 fully saturated rings. The largest absolute Gasteiger partial charge is 0.468 e. The molecular formula is C19H25F3N4O. The maximum atomic E-state index is 12.6. The number of pyridine rings is 1. The minimum absolute atomic E-state index is 0.0169. The molecule has 27 heavy (non-hydrogen) atoms. The minimum atomic E-state index is -4.42. The Kier molecular flexibility index (Phi) is 5.62. The van der Waals surface area contributed by atoms with Crippen LogP contribution in [0.5, 0.6) is 5.88 Å². The van der Waals surface area contributed by atoms with Gasteiger partial charge in [-0.05, 0) is 36.3 Å². The molecule has 1 aliphatic rings. The van der Waals surface area contributed by atoms with Gasteiger partial charge < -0.3 is 10.1 Å². The van der Waals surface area contributed by atoms with Crippen molar-refractivity contribution in [3.05, 3.63) is 30.4 Å². The molecule has 1 saturated carbocycles. The molecule has 2 heterocycles. The van der Waals surface area contributed by atoms with Gasteiger partial charge in [0.25, 0.3) is 0 Å². The Bertz CT molecular complexity index is 794. The van der Waals surface area contributed by atoms with E-state index in [1.807, 2.05) is 19.9 Å². The zero-order valence-electron chi connectivity index (χ0n) is 15.6. The summed E-state index contributed by atoms with van der Waals surface area (Å²) in [5.41, 5.74) is 1.40. The number of nitrogens with one attached hydrogen (secondary N) is 1. The van der Waals surface area contributed by atoms with E-state index in [4.69, 9.17) is 4.74 Å². The second kappa shape index (κ2) is 7.78. The fourth-order valence-corrected chi connectivity index (χ4v) is 3.57. The highest BCUT2D eigenvalue weighted by molar-refractivity contribution is 5.54. The van der Waals surface area contributed by atoms with Crippen LogP contribution in [0.3, 0.4) is 0 Å². The number of hydrogen-bond acceptors (Lipinski definition) is 4. The lowest BCUT2D eigenvalue weighted by Gasteiger charge is -2.20. The molecular weight excluding hydrogens is 357 g/mol. The molecule has 2 aromatic heterocycles. The Morgan fingerprint density at radius 3 is 2.63 bits per heavy atom. The molecule has 0 spiro atoms. The summed E-state index contributed by atoms with van der Waals surface area (Å²) in [5.74, 6) is 1.01. The van der Waals surface area contributed by atoms with E-state index in [-0.39, 0.29) is 17.8 Å². The predicted molar refractivity (Wildman–Crippen MR) is 98.2 cm³/mol. The zero-order valence-corrected chi connectivity index (χ0v) is 15.6. The van der Waals surface area contributed by atoms with Crippen LogP contribution in [0.2, 0.25) is 0 Å². The molecule has 8 heteroatoms. The predicted octanol–water partition coefficient (Wildman–Crippen LogP) is 4.95. The fraction of sp³-hybridized carbons (Fsp3) is 0.579. The molecule has 1 aliphatic carbocycles. The number of halogens is 3. The van der Waals surface area contributed by atoms with Gasteiger partial charge >= 0.3 is 6.18 Å². The molecule has 0 unspecified atom stereocenters. The molecule has 1 N–H and O–H groups in total. The van der Waals surface area contributed by atoms with E-state index in [0.29, 0.717) is 17.5 Å². The van der Waals surface area contributed by atoms with Crippen molar-refractivity contribution in [1.29, 1.82) is 0 Å². The van der Waals surface area contributed by atoms with Gasteiger partial charge in [0.1, 0.15) is 0 Å². The van der Waals surface area contributed by atoms with Gasteiger partial charge in [0.15, 0.2) is 12.3 Å². The van der Waals surface area contributed by atoms with Gasteiger partial charge in [-0.25, -0.2) is 0 Å². The molecule has 1 atom stereocenters. The third-order valence-electron chi connectivity index (χ3n) is 4.94. The Labute approximate surface area is 156 Å².